The summed E-state index contributed by atoms with van der Waals surface area (Å²) in [5.74, 6) is -75.5. The van der Waals surface area contributed by atoms with Gasteiger partial charge in [0.15, 0.2) is 0 Å². The van der Waals surface area contributed by atoms with Gasteiger partial charge in [-0.3, -0.25) is 0 Å². The van der Waals surface area contributed by atoms with Crippen LogP contribution in [0.3, 0.4) is 0 Å². The Balaban J connectivity index is 5.41. The highest BCUT2D eigenvalue weighted by Crippen LogP contribution is 2.66. The molecule has 0 radical (unpaired) electrons. The fourth-order valence-corrected chi connectivity index (χ4v) is 4.73. The lowest BCUT2D eigenvalue weighted by atomic mass is 9.85. The maximum Gasteiger partial charge on any atom is 0.460 e. The molecule has 0 bridgehead atoms. The first-order valence-electron chi connectivity index (χ1n) is 14.9. The number of unbranched alkanes of at least 4 members (excludes halogenated alkanes) is 14. The summed E-state index contributed by atoms with van der Waals surface area (Å²) in [6.45, 7) is 0. The highest BCUT2D eigenvalue weighted by Gasteiger charge is 2.97. The average molecular weight is 791 g/mol. The van der Waals surface area contributed by atoms with Gasteiger partial charge in [-0.05, 0) is 18.6 Å². The van der Waals surface area contributed by atoms with Gasteiger partial charge in [-0.25, -0.2) is 0 Å². The van der Waals surface area contributed by atoms with Crippen molar-refractivity contribution in [1.82, 2.24) is 0 Å². The van der Waals surface area contributed by atoms with E-state index in [9.17, 15) is 92.2 Å². The van der Waals surface area contributed by atoms with Gasteiger partial charge in [-0.2, -0.15) is 105 Å². The van der Waals surface area contributed by atoms with Crippen molar-refractivity contribution in [2.75, 3.05) is 5.75 Å². The second kappa shape index (κ2) is 17.1. The molecule has 0 atom stereocenters. The summed E-state index contributed by atoms with van der Waals surface area (Å²) in [7, 11) is 0. The molecule has 0 amide bonds. The van der Waals surface area contributed by atoms with Crippen LogP contribution in [0.2, 0.25) is 0 Å². The summed E-state index contributed by atoms with van der Waals surface area (Å²) >= 11 is 4.11. The molecule has 0 rings (SSSR count). The maximum atomic E-state index is 14.0. The summed E-state index contributed by atoms with van der Waals surface area (Å²) in [5.41, 5.74) is 0. The van der Waals surface area contributed by atoms with Gasteiger partial charge in [0.2, 0.25) is 0 Å². The number of halogens is 21. The minimum atomic E-state index is -9.14. The fraction of sp³-hybridized carbons (Fsp3) is 1.00. The first-order valence-corrected chi connectivity index (χ1v) is 15.5. The van der Waals surface area contributed by atoms with Crippen LogP contribution in [0.15, 0.2) is 0 Å². The molecule has 0 aliphatic rings. The van der Waals surface area contributed by atoms with Crippen LogP contribution in [0.1, 0.15) is 103 Å². The molecule has 0 aliphatic heterocycles. The Morgan fingerprint density at radius 3 is 0.694 bits per heavy atom. The van der Waals surface area contributed by atoms with Crippen molar-refractivity contribution in [3.8, 4) is 0 Å². The van der Waals surface area contributed by atoms with E-state index in [1.165, 1.54) is 0 Å². The number of hydrogen-bond acceptors (Lipinski definition) is 1. The summed E-state index contributed by atoms with van der Waals surface area (Å²) in [6.07, 6.45) is -1.74. The third-order valence-electron chi connectivity index (χ3n) is 7.72. The molecule has 22 heteroatoms. The van der Waals surface area contributed by atoms with E-state index in [0.717, 1.165) is 63.5 Å². The molecule has 0 heterocycles. The van der Waals surface area contributed by atoms with Crippen molar-refractivity contribution >= 4 is 12.6 Å². The van der Waals surface area contributed by atoms with Crippen LogP contribution < -0.4 is 0 Å². The van der Waals surface area contributed by atoms with Gasteiger partial charge in [-0.15, -0.1) is 0 Å². The average Bonchev–Trinajstić information content (AvgIpc) is 2.95. The van der Waals surface area contributed by atoms with Crippen molar-refractivity contribution in [2.24, 2.45) is 0 Å². The lowest BCUT2D eigenvalue weighted by molar-refractivity contribution is -0.474. The molecule has 49 heavy (non-hydrogen) atoms. The van der Waals surface area contributed by atoms with E-state index in [1.807, 2.05) is 0 Å². The highest BCUT2D eigenvalue weighted by atomic mass is 32.1. The molecule has 0 spiro atoms. The monoisotopic (exact) mass is 790 g/mol. The molecule has 0 nitrogen and oxygen atoms in total. The van der Waals surface area contributed by atoms with E-state index in [4.69, 9.17) is 0 Å². The van der Waals surface area contributed by atoms with E-state index < -0.39 is 78.7 Å². The van der Waals surface area contributed by atoms with Crippen LogP contribution in [-0.2, 0) is 0 Å². The molecule has 0 saturated carbocycles. The minimum Gasteiger partial charge on any atom is -0.200 e. The number of rotatable bonds is 25. The maximum absolute atomic E-state index is 14.0. The third kappa shape index (κ3) is 9.66. The third-order valence-corrected chi connectivity index (χ3v) is 8.04. The van der Waals surface area contributed by atoms with Gasteiger partial charge in [0.05, 0.1) is 0 Å². The van der Waals surface area contributed by atoms with Crippen molar-refractivity contribution in [3.63, 3.8) is 0 Å². The van der Waals surface area contributed by atoms with E-state index in [0.29, 0.717) is 12.8 Å². The quantitative estimate of drug-likeness (QED) is 0.0532. The van der Waals surface area contributed by atoms with E-state index in [2.05, 4.69) is 12.6 Å². The smallest absolute Gasteiger partial charge is 0.200 e. The molecule has 296 valence electrons. The lowest BCUT2D eigenvalue weighted by Gasteiger charge is -2.44. The predicted octanol–water partition coefficient (Wildman–Crippen LogP) is 13.4. The molecule has 0 N–H and O–H groups in total. The van der Waals surface area contributed by atoms with Gasteiger partial charge < -0.3 is 0 Å². The molecule has 0 fully saturated rings. The molecule has 0 aromatic carbocycles. The SMILES string of the molecule is FC(F)(F)C(F)(F)C(F)(F)C(F)(F)C(F)(F)C(F)(F)C(F)(F)C(F)(F)C(F)(F)C(F)(F)CCCCCCCCCCCCCCCCCS. The lowest BCUT2D eigenvalue weighted by Crippen LogP contribution is -2.76. The first-order chi connectivity index (χ1) is 21.8. The zero-order valence-corrected chi connectivity index (χ0v) is 26.3. The Kier molecular flexibility index (Phi) is 16.7. The summed E-state index contributed by atoms with van der Waals surface area (Å²) in [5, 5.41) is 0. The van der Waals surface area contributed by atoms with Gasteiger partial charge in [0.1, 0.15) is 0 Å². The number of hydrogen-bond donors (Lipinski definition) is 1. The topological polar surface area (TPSA) is 0 Å². The molecule has 0 aromatic rings. The molecule has 0 saturated heterocycles. The number of thiol groups is 1. The van der Waals surface area contributed by atoms with Crippen LogP contribution in [0.4, 0.5) is 92.2 Å². The van der Waals surface area contributed by atoms with Gasteiger partial charge in [0.25, 0.3) is 0 Å². The van der Waals surface area contributed by atoms with Gasteiger partial charge in [0, 0.05) is 6.42 Å². The highest BCUT2D eigenvalue weighted by molar-refractivity contribution is 7.80. The zero-order valence-electron chi connectivity index (χ0n) is 25.4. The van der Waals surface area contributed by atoms with Gasteiger partial charge in [-0.1, -0.05) is 83.5 Å². The van der Waals surface area contributed by atoms with Gasteiger partial charge >= 0.3 is 59.5 Å². The van der Waals surface area contributed by atoms with Crippen LogP contribution in [0, 0.1) is 0 Å². The standard InChI is InChI=1S/C27H35F21S/c28-18(29,16-14-12-10-8-6-4-2-1-3-5-7-9-11-13-15-17-49)19(30,31)20(32,33)21(34,35)22(36,37)23(38,39)24(40,41)25(42,43)26(44,45)27(46,47)48/h49H,1-17H2. The first kappa shape index (κ1) is 47.9. The van der Waals surface area contributed by atoms with E-state index in [1.54, 1.807) is 0 Å². The minimum absolute atomic E-state index is 0.0172. The summed E-state index contributed by atoms with van der Waals surface area (Å²) in [6, 6.07) is 0. The second-order valence-electron chi connectivity index (χ2n) is 11.6. The normalized spacial score (nSPS) is 15.3. The largest absolute Gasteiger partial charge is 0.460 e. The van der Waals surface area contributed by atoms with E-state index >= 15 is 0 Å². The van der Waals surface area contributed by atoms with Crippen LogP contribution in [-0.4, -0.2) is 65.2 Å². The molecular weight excluding hydrogens is 755 g/mol. The Hall–Kier alpha value is -1.12. The Bertz CT molecular complexity index is 974. The summed E-state index contributed by atoms with van der Waals surface area (Å²) in [4.78, 5) is 0. The second-order valence-corrected chi connectivity index (χ2v) is 12.0. The fourth-order valence-electron chi connectivity index (χ4n) is 4.50. The van der Waals surface area contributed by atoms with Crippen molar-refractivity contribution in [1.29, 1.82) is 0 Å². The Morgan fingerprint density at radius 2 is 0.449 bits per heavy atom. The van der Waals surface area contributed by atoms with Crippen LogP contribution in [0.5, 0.6) is 0 Å². The molecular formula is C27H35F21S. The van der Waals surface area contributed by atoms with Crippen LogP contribution in [0.25, 0.3) is 0 Å². The summed E-state index contributed by atoms with van der Waals surface area (Å²) < 4.78 is 282. The molecule has 0 unspecified atom stereocenters. The number of alkyl halides is 21. The van der Waals surface area contributed by atoms with Crippen molar-refractivity contribution in [3.05, 3.63) is 0 Å². The van der Waals surface area contributed by atoms with Crippen molar-refractivity contribution in [2.45, 2.75) is 162 Å². The molecule has 0 aromatic heterocycles. The van der Waals surface area contributed by atoms with Crippen molar-refractivity contribution < 1.29 is 92.2 Å². The Labute approximate surface area is 273 Å². The van der Waals surface area contributed by atoms with E-state index in [-0.39, 0.29) is 12.8 Å². The Morgan fingerprint density at radius 1 is 0.245 bits per heavy atom. The zero-order chi connectivity index (χ0) is 39.0. The molecule has 0 aliphatic carbocycles. The van der Waals surface area contributed by atoms with Crippen LogP contribution >= 0.6 is 12.6 Å². The predicted molar refractivity (Wildman–Crippen MR) is 138 cm³/mol.